The molecule has 0 unspecified atom stereocenters. The zero-order valence-electron chi connectivity index (χ0n) is 25.5. The molecule has 0 fully saturated rings. The van der Waals surface area contributed by atoms with Crippen LogP contribution in [0.5, 0.6) is 0 Å². The van der Waals surface area contributed by atoms with Crippen LogP contribution in [0.2, 0.25) is 0 Å². The second-order valence-electron chi connectivity index (χ2n) is 12.8. The van der Waals surface area contributed by atoms with Gasteiger partial charge in [-0.25, -0.2) is 0 Å². The lowest BCUT2D eigenvalue weighted by Gasteiger charge is -2.18. The standard InChI is InChI=1S/C46H27N/c1-2-14-29-28(13-1)25-26-39-43(29)36-21-9-10-22-37(36)46-45(39)38-23-11-12-24-41(38)47(46)42-27-40-32-17-4-3-15-30(32)31-16-5-7-19-34(31)44(40)35-20-8-6-18-33(35)42/h1-27H. The van der Waals surface area contributed by atoms with Crippen LogP contribution < -0.4 is 0 Å². The Hall–Kier alpha value is -6.18. The predicted molar refractivity (Wildman–Crippen MR) is 203 cm³/mol. The summed E-state index contributed by atoms with van der Waals surface area (Å²) < 4.78 is 2.56. The van der Waals surface area contributed by atoms with Crippen LogP contribution in [0, 0.1) is 0 Å². The molecular formula is C46H27N. The summed E-state index contributed by atoms with van der Waals surface area (Å²) in [5, 5.41) is 20.7. The third-order valence-corrected chi connectivity index (χ3v) is 10.5. The molecule has 1 heteroatoms. The molecular weight excluding hydrogens is 567 g/mol. The number of hydrogen-bond donors (Lipinski definition) is 0. The van der Waals surface area contributed by atoms with E-state index in [0.717, 1.165) is 0 Å². The maximum absolute atomic E-state index is 2.56. The molecule has 1 nitrogen and oxygen atoms in total. The number of para-hydroxylation sites is 1. The molecule has 0 atom stereocenters. The highest BCUT2D eigenvalue weighted by Crippen LogP contribution is 2.47. The van der Waals surface area contributed by atoms with E-state index in [1.54, 1.807) is 0 Å². The maximum Gasteiger partial charge on any atom is 0.0626 e. The molecule has 0 bridgehead atoms. The first kappa shape index (κ1) is 25.1. The van der Waals surface area contributed by atoms with Crippen molar-refractivity contribution in [2.45, 2.75) is 0 Å². The van der Waals surface area contributed by atoms with Crippen LogP contribution in [0.4, 0.5) is 0 Å². The number of hydrogen-bond acceptors (Lipinski definition) is 0. The Labute approximate surface area is 270 Å². The molecule has 0 aliphatic rings. The molecule has 10 aromatic carbocycles. The van der Waals surface area contributed by atoms with Crippen molar-refractivity contribution < 1.29 is 0 Å². The molecule has 0 saturated carbocycles. The molecule has 1 aromatic heterocycles. The van der Waals surface area contributed by atoms with Gasteiger partial charge in [0.25, 0.3) is 0 Å². The van der Waals surface area contributed by atoms with Crippen molar-refractivity contribution in [3.05, 3.63) is 164 Å². The molecule has 11 rings (SSSR count). The van der Waals surface area contributed by atoms with Crippen LogP contribution in [0.25, 0.3) is 103 Å². The average Bonchev–Trinajstić information content (AvgIpc) is 3.49. The Morgan fingerprint density at radius 2 is 0.745 bits per heavy atom. The van der Waals surface area contributed by atoms with Crippen LogP contribution in [-0.4, -0.2) is 4.57 Å². The van der Waals surface area contributed by atoms with Gasteiger partial charge in [0.2, 0.25) is 0 Å². The third-order valence-electron chi connectivity index (χ3n) is 10.5. The SMILES string of the molecule is c1ccc2c(c1)ccc1c2c2ccccc2c2c1c1ccccc1n2-c1cc2c3ccccc3c3ccccc3c2c2ccccc12. The van der Waals surface area contributed by atoms with Gasteiger partial charge in [0.15, 0.2) is 0 Å². The predicted octanol–water partition coefficient (Wildman–Crippen LogP) is 12.9. The Morgan fingerprint density at radius 1 is 0.277 bits per heavy atom. The van der Waals surface area contributed by atoms with Crippen LogP contribution >= 0.6 is 0 Å². The highest BCUT2D eigenvalue weighted by molar-refractivity contribution is 6.37. The van der Waals surface area contributed by atoms with Gasteiger partial charge in [0.05, 0.1) is 16.7 Å². The lowest BCUT2D eigenvalue weighted by molar-refractivity contribution is 1.21. The summed E-state index contributed by atoms with van der Waals surface area (Å²) in [6, 6.07) is 60.7. The highest BCUT2D eigenvalue weighted by atomic mass is 15.0. The Balaban J connectivity index is 1.43. The lowest BCUT2D eigenvalue weighted by atomic mass is 9.90. The fraction of sp³-hybridized carbons (Fsp3) is 0. The van der Waals surface area contributed by atoms with E-state index in [-0.39, 0.29) is 0 Å². The molecule has 0 radical (unpaired) electrons. The van der Waals surface area contributed by atoms with Gasteiger partial charge in [-0.05, 0) is 76.8 Å². The zero-order valence-corrected chi connectivity index (χ0v) is 25.5. The average molecular weight is 594 g/mol. The summed E-state index contributed by atoms with van der Waals surface area (Å²) in [5.74, 6) is 0. The normalized spacial score (nSPS) is 12.3. The van der Waals surface area contributed by atoms with Crippen molar-refractivity contribution in [2.24, 2.45) is 0 Å². The van der Waals surface area contributed by atoms with E-state index in [0.29, 0.717) is 0 Å². The zero-order chi connectivity index (χ0) is 30.6. The number of aromatic nitrogens is 1. The van der Waals surface area contributed by atoms with Crippen molar-refractivity contribution in [3.8, 4) is 5.69 Å². The molecule has 0 aliphatic carbocycles. The second-order valence-corrected chi connectivity index (χ2v) is 12.8. The Kier molecular flexibility index (Phi) is 4.90. The molecule has 11 aromatic rings. The third kappa shape index (κ3) is 3.23. The van der Waals surface area contributed by atoms with Crippen LogP contribution in [-0.2, 0) is 0 Å². The quantitative estimate of drug-likeness (QED) is 0.167. The Bertz CT molecular complexity index is 3120. The number of fused-ring (bicyclic) bond motifs is 18. The van der Waals surface area contributed by atoms with Gasteiger partial charge >= 0.3 is 0 Å². The summed E-state index contributed by atoms with van der Waals surface area (Å²) >= 11 is 0. The first-order chi connectivity index (χ1) is 23.4. The minimum absolute atomic E-state index is 1.21. The van der Waals surface area contributed by atoms with Gasteiger partial charge in [0, 0.05) is 21.5 Å². The van der Waals surface area contributed by atoms with E-state index in [1.807, 2.05) is 0 Å². The summed E-state index contributed by atoms with van der Waals surface area (Å²) in [5.41, 5.74) is 3.70. The smallest absolute Gasteiger partial charge is 0.0626 e. The maximum atomic E-state index is 2.56. The van der Waals surface area contributed by atoms with E-state index >= 15 is 0 Å². The summed E-state index contributed by atoms with van der Waals surface area (Å²) in [7, 11) is 0. The van der Waals surface area contributed by atoms with Gasteiger partial charge in [-0.1, -0.05) is 152 Å². The molecule has 0 spiro atoms. The number of rotatable bonds is 1. The first-order valence-electron chi connectivity index (χ1n) is 16.4. The number of benzene rings is 10. The molecule has 0 aliphatic heterocycles. The monoisotopic (exact) mass is 593 g/mol. The fourth-order valence-electron chi connectivity index (χ4n) is 8.63. The molecule has 0 N–H and O–H groups in total. The lowest BCUT2D eigenvalue weighted by Crippen LogP contribution is -1.98. The van der Waals surface area contributed by atoms with Crippen LogP contribution in [0.15, 0.2) is 164 Å². The molecule has 47 heavy (non-hydrogen) atoms. The van der Waals surface area contributed by atoms with E-state index < -0.39 is 0 Å². The fourth-order valence-corrected chi connectivity index (χ4v) is 8.63. The van der Waals surface area contributed by atoms with Crippen molar-refractivity contribution in [2.75, 3.05) is 0 Å². The summed E-state index contributed by atoms with van der Waals surface area (Å²) in [6.45, 7) is 0. The van der Waals surface area contributed by atoms with Gasteiger partial charge in [-0.15, -0.1) is 0 Å². The first-order valence-corrected chi connectivity index (χ1v) is 16.4. The van der Waals surface area contributed by atoms with Crippen molar-refractivity contribution in [1.29, 1.82) is 0 Å². The van der Waals surface area contributed by atoms with E-state index in [1.165, 1.54) is 103 Å². The molecule has 1 heterocycles. The van der Waals surface area contributed by atoms with Crippen LogP contribution in [0.3, 0.4) is 0 Å². The van der Waals surface area contributed by atoms with E-state index in [2.05, 4.69) is 168 Å². The molecule has 0 amide bonds. The van der Waals surface area contributed by atoms with E-state index in [9.17, 15) is 0 Å². The minimum atomic E-state index is 1.21. The minimum Gasteiger partial charge on any atom is -0.308 e. The van der Waals surface area contributed by atoms with E-state index in [4.69, 9.17) is 0 Å². The van der Waals surface area contributed by atoms with Crippen LogP contribution in [0.1, 0.15) is 0 Å². The Morgan fingerprint density at radius 3 is 1.47 bits per heavy atom. The van der Waals surface area contributed by atoms with Crippen molar-refractivity contribution in [3.63, 3.8) is 0 Å². The van der Waals surface area contributed by atoms with Crippen molar-refractivity contribution in [1.82, 2.24) is 4.57 Å². The summed E-state index contributed by atoms with van der Waals surface area (Å²) in [4.78, 5) is 0. The highest BCUT2D eigenvalue weighted by Gasteiger charge is 2.22. The molecule has 216 valence electrons. The van der Waals surface area contributed by atoms with Crippen molar-refractivity contribution >= 4 is 97.2 Å². The second kappa shape index (κ2) is 9.19. The topological polar surface area (TPSA) is 4.93 Å². The van der Waals surface area contributed by atoms with Gasteiger partial charge < -0.3 is 4.57 Å². The van der Waals surface area contributed by atoms with Gasteiger partial charge in [-0.2, -0.15) is 0 Å². The van der Waals surface area contributed by atoms with Gasteiger partial charge in [0.1, 0.15) is 0 Å². The number of nitrogens with zero attached hydrogens (tertiary/aromatic N) is 1. The molecule has 0 saturated heterocycles. The van der Waals surface area contributed by atoms with Gasteiger partial charge in [-0.3, -0.25) is 0 Å². The summed E-state index contributed by atoms with van der Waals surface area (Å²) in [6.07, 6.45) is 0. The largest absolute Gasteiger partial charge is 0.308 e.